The van der Waals surface area contributed by atoms with Gasteiger partial charge in [-0.3, -0.25) is 14.9 Å². The highest BCUT2D eigenvalue weighted by Crippen LogP contribution is 2.36. The minimum Gasteiger partial charge on any atom is -0.503 e. The third-order valence-corrected chi connectivity index (χ3v) is 5.23. The Balaban J connectivity index is 1.90. The van der Waals surface area contributed by atoms with Crippen LogP contribution in [0.3, 0.4) is 0 Å². The van der Waals surface area contributed by atoms with Crippen LogP contribution < -0.4 is 19.7 Å². The van der Waals surface area contributed by atoms with Crippen molar-refractivity contribution < 1.29 is 29.0 Å². The average molecular weight is 503 g/mol. The van der Waals surface area contributed by atoms with Gasteiger partial charge in [-0.25, -0.2) is 9.69 Å². The maximum Gasteiger partial charge on any atom is 0.335 e. The molecule has 0 radical (unpaired) electrons. The Kier molecular flexibility index (Phi) is 7.53. The molecule has 2 N–H and O–H groups in total. The number of benzene rings is 2. The first-order valence-electron chi connectivity index (χ1n) is 10.1. The lowest BCUT2D eigenvalue weighted by molar-refractivity contribution is -0.122. The van der Waals surface area contributed by atoms with Crippen molar-refractivity contribution in [2.24, 2.45) is 0 Å². The van der Waals surface area contributed by atoms with E-state index >= 15 is 0 Å². The van der Waals surface area contributed by atoms with Crippen molar-refractivity contribution in [3.63, 3.8) is 0 Å². The number of imide groups is 2. The summed E-state index contributed by atoms with van der Waals surface area (Å²) in [4.78, 5) is 38.8. The van der Waals surface area contributed by atoms with Gasteiger partial charge in [-0.15, -0.1) is 0 Å². The molecule has 4 amide bonds. The van der Waals surface area contributed by atoms with Gasteiger partial charge in [-0.1, -0.05) is 13.3 Å². The summed E-state index contributed by atoms with van der Waals surface area (Å²) in [5, 5.41) is 12.3. The molecule has 0 bridgehead atoms. The first kappa shape index (κ1) is 23.3. The van der Waals surface area contributed by atoms with Crippen LogP contribution in [0.2, 0.25) is 0 Å². The van der Waals surface area contributed by atoms with Crippen LogP contribution in [0.15, 0.2) is 46.4 Å². The zero-order chi connectivity index (χ0) is 23.3. The Labute approximate surface area is 193 Å². The number of barbiturate groups is 1. The monoisotopic (exact) mass is 502 g/mol. The molecule has 0 aromatic heterocycles. The SMILES string of the molecule is CCCCOc1ccc(N2C(=O)NC(=O)/C(=C/c3cc(Br)c(O)c(OCC)c3)C2=O)cc1. The van der Waals surface area contributed by atoms with Gasteiger partial charge in [-0.2, -0.15) is 0 Å². The first-order chi connectivity index (χ1) is 15.3. The third kappa shape index (κ3) is 5.11. The number of phenolic OH excluding ortho intramolecular Hbond substituents is 1. The Morgan fingerprint density at radius 3 is 2.47 bits per heavy atom. The number of nitrogens with one attached hydrogen (secondary N) is 1. The molecule has 1 aliphatic rings. The van der Waals surface area contributed by atoms with Gasteiger partial charge < -0.3 is 14.6 Å². The van der Waals surface area contributed by atoms with E-state index in [1.165, 1.54) is 18.2 Å². The van der Waals surface area contributed by atoms with E-state index in [9.17, 15) is 19.5 Å². The fourth-order valence-electron chi connectivity index (χ4n) is 3.03. The third-order valence-electron chi connectivity index (χ3n) is 4.62. The molecule has 1 heterocycles. The second-order valence-corrected chi connectivity index (χ2v) is 7.79. The maximum absolute atomic E-state index is 13.1. The van der Waals surface area contributed by atoms with E-state index in [-0.39, 0.29) is 17.1 Å². The lowest BCUT2D eigenvalue weighted by Crippen LogP contribution is -2.54. The molecule has 0 spiro atoms. The molecule has 1 saturated heterocycles. The van der Waals surface area contributed by atoms with Gasteiger partial charge in [0.05, 0.1) is 23.4 Å². The molecule has 1 aliphatic heterocycles. The zero-order valence-electron chi connectivity index (χ0n) is 17.7. The van der Waals surface area contributed by atoms with Crippen molar-refractivity contribution >= 4 is 45.5 Å². The van der Waals surface area contributed by atoms with E-state index in [0.717, 1.165) is 17.7 Å². The van der Waals surface area contributed by atoms with Gasteiger partial charge in [0.15, 0.2) is 11.5 Å². The number of aromatic hydroxyl groups is 1. The molecular weight excluding hydrogens is 480 g/mol. The lowest BCUT2D eigenvalue weighted by Gasteiger charge is -2.26. The smallest absolute Gasteiger partial charge is 0.335 e. The predicted octanol–water partition coefficient (Wildman–Crippen LogP) is 4.40. The summed E-state index contributed by atoms with van der Waals surface area (Å²) in [5.41, 5.74) is 0.508. The molecule has 1 fully saturated rings. The van der Waals surface area contributed by atoms with Crippen LogP contribution in [0.5, 0.6) is 17.2 Å². The van der Waals surface area contributed by atoms with Crippen molar-refractivity contribution in [2.45, 2.75) is 26.7 Å². The molecule has 9 heteroatoms. The highest BCUT2D eigenvalue weighted by molar-refractivity contribution is 9.10. The van der Waals surface area contributed by atoms with Gasteiger partial charge in [0.2, 0.25) is 0 Å². The predicted molar refractivity (Wildman–Crippen MR) is 123 cm³/mol. The number of nitrogens with zero attached hydrogens (tertiary/aromatic N) is 1. The van der Waals surface area contributed by atoms with Crippen LogP contribution in [0.1, 0.15) is 32.3 Å². The maximum atomic E-state index is 13.1. The molecule has 3 rings (SSSR count). The van der Waals surface area contributed by atoms with Gasteiger partial charge >= 0.3 is 6.03 Å². The number of phenols is 1. The quantitative estimate of drug-likeness (QED) is 0.315. The van der Waals surface area contributed by atoms with Crippen LogP contribution in [-0.2, 0) is 9.59 Å². The number of unbranched alkanes of at least 4 members (excludes halogenated alkanes) is 1. The summed E-state index contributed by atoms with van der Waals surface area (Å²) in [6.45, 7) is 4.72. The Bertz CT molecular complexity index is 1060. The average Bonchev–Trinajstić information content (AvgIpc) is 2.76. The van der Waals surface area contributed by atoms with Gasteiger partial charge in [-0.05, 0) is 77.3 Å². The summed E-state index contributed by atoms with van der Waals surface area (Å²) in [7, 11) is 0. The number of hydrogen-bond donors (Lipinski definition) is 2. The fraction of sp³-hybridized carbons (Fsp3) is 0.261. The van der Waals surface area contributed by atoms with Gasteiger partial charge in [0.25, 0.3) is 11.8 Å². The fourth-order valence-corrected chi connectivity index (χ4v) is 3.49. The summed E-state index contributed by atoms with van der Waals surface area (Å²) in [6, 6.07) is 8.69. The van der Waals surface area contributed by atoms with Crippen LogP contribution in [-0.4, -0.2) is 36.2 Å². The molecule has 0 saturated carbocycles. The number of anilines is 1. The molecule has 0 atom stereocenters. The highest BCUT2D eigenvalue weighted by atomic mass is 79.9. The van der Waals surface area contributed by atoms with Crippen LogP contribution in [0.4, 0.5) is 10.5 Å². The minimum atomic E-state index is -0.835. The Morgan fingerprint density at radius 1 is 1.09 bits per heavy atom. The molecular formula is C23H23BrN2O6. The molecule has 0 aliphatic carbocycles. The van der Waals surface area contributed by atoms with E-state index in [1.54, 1.807) is 31.2 Å². The second kappa shape index (κ2) is 10.3. The van der Waals surface area contributed by atoms with Crippen LogP contribution in [0.25, 0.3) is 6.08 Å². The van der Waals surface area contributed by atoms with Crippen molar-refractivity contribution in [3.05, 3.63) is 52.0 Å². The summed E-state index contributed by atoms with van der Waals surface area (Å²) in [5.74, 6) is -0.842. The topological polar surface area (TPSA) is 105 Å². The van der Waals surface area contributed by atoms with Gasteiger partial charge in [0.1, 0.15) is 11.3 Å². The largest absolute Gasteiger partial charge is 0.503 e. The van der Waals surface area contributed by atoms with Crippen LogP contribution in [0, 0.1) is 0 Å². The molecule has 2 aromatic rings. The zero-order valence-corrected chi connectivity index (χ0v) is 19.3. The normalized spacial score (nSPS) is 15.2. The van der Waals surface area contributed by atoms with E-state index in [1.807, 2.05) is 0 Å². The number of ether oxygens (including phenoxy) is 2. The number of carbonyl (C=O) groups is 3. The second-order valence-electron chi connectivity index (χ2n) is 6.94. The molecule has 2 aromatic carbocycles. The van der Waals surface area contributed by atoms with E-state index in [0.29, 0.717) is 34.7 Å². The van der Waals surface area contributed by atoms with Crippen molar-refractivity contribution in [2.75, 3.05) is 18.1 Å². The molecule has 8 nitrogen and oxygen atoms in total. The molecule has 32 heavy (non-hydrogen) atoms. The molecule has 0 unspecified atom stereocenters. The molecule has 168 valence electrons. The summed E-state index contributed by atoms with van der Waals surface area (Å²) in [6.07, 6.45) is 3.27. The van der Waals surface area contributed by atoms with Gasteiger partial charge in [0, 0.05) is 0 Å². The number of urea groups is 1. The van der Waals surface area contributed by atoms with E-state index in [4.69, 9.17) is 9.47 Å². The summed E-state index contributed by atoms with van der Waals surface area (Å²) >= 11 is 3.23. The number of rotatable bonds is 8. The Morgan fingerprint density at radius 2 is 1.81 bits per heavy atom. The number of hydrogen-bond acceptors (Lipinski definition) is 6. The summed E-state index contributed by atoms with van der Waals surface area (Å²) < 4.78 is 11.3. The first-order valence-corrected chi connectivity index (χ1v) is 10.9. The van der Waals surface area contributed by atoms with Crippen molar-refractivity contribution in [1.82, 2.24) is 5.32 Å². The standard InChI is InChI=1S/C23H23BrN2O6/c1-3-5-10-32-16-8-6-15(7-9-16)26-22(29)17(21(28)25-23(26)30)11-14-12-18(24)20(27)19(13-14)31-4-2/h6-9,11-13,27H,3-5,10H2,1-2H3,(H,25,28,30)/b17-11-. The van der Waals surface area contributed by atoms with E-state index in [2.05, 4.69) is 28.2 Å². The number of amides is 4. The van der Waals surface area contributed by atoms with Crippen molar-refractivity contribution in [1.29, 1.82) is 0 Å². The van der Waals surface area contributed by atoms with Crippen molar-refractivity contribution in [3.8, 4) is 17.2 Å². The number of halogens is 1. The Hall–Kier alpha value is -3.33. The van der Waals surface area contributed by atoms with Crippen LogP contribution >= 0.6 is 15.9 Å². The number of carbonyl (C=O) groups excluding carboxylic acids is 3. The lowest BCUT2D eigenvalue weighted by atomic mass is 10.1. The highest BCUT2D eigenvalue weighted by Gasteiger charge is 2.36. The minimum absolute atomic E-state index is 0.0912. The van der Waals surface area contributed by atoms with E-state index < -0.39 is 17.8 Å².